The zero-order valence-corrected chi connectivity index (χ0v) is 11.4. The summed E-state index contributed by atoms with van der Waals surface area (Å²) >= 11 is 0. The van der Waals surface area contributed by atoms with Crippen LogP contribution >= 0.6 is 0 Å². The number of ether oxygens (including phenoxy) is 3. The zero-order chi connectivity index (χ0) is 16.0. The summed E-state index contributed by atoms with van der Waals surface area (Å²) < 4.78 is 78.3. The molecular formula is C11H17F5O4. The first-order chi connectivity index (χ1) is 9.08. The second kappa shape index (κ2) is 7.16. The number of hydrogen-bond acceptors (Lipinski definition) is 4. The van der Waals surface area contributed by atoms with Crippen LogP contribution in [-0.2, 0) is 19.0 Å². The van der Waals surface area contributed by atoms with Crippen molar-refractivity contribution in [2.45, 2.75) is 45.1 Å². The van der Waals surface area contributed by atoms with Crippen LogP contribution in [-0.4, -0.2) is 43.7 Å². The summed E-state index contributed by atoms with van der Waals surface area (Å²) in [7, 11) is 0. The van der Waals surface area contributed by atoms with E-state index in [1.807, 2.05) is 0 Å². The highest BCUT2D eigenvalue weighted by atomic mass is 19.4. The van der Waals surface area contributed by atoms with E-state index >= 15 is 0 Å². The molecule has 0 aliphatic carbocycles. The molecule has 0 atom stereocenters. The first kappa shape index (κ1) is 19.0. The Morgan fingerprint density at radius 3 is 1.65 bits per heavy atom. The predicted molar refractivity (Wildman–Crippen MR) is 58.2 cm³/mol. The fourth-order valence-corrected chi connectivity index (χ4v) is 1.52. The third kappa shape index (κ3) is 4.02. The Morgan fingerprint density at radius 1 is 0.900 bits per heavy atom. The summed E-state index contributed by atoms with van der Waals surface area (Å²) in [6.07, 6.45) is -7.29. The molecule has 20 heavy (non-hydrogen) atoms. The van der Waals surface area contributed by atoms with E-state index in [9.17, 15) is 26.7 Å². The first-order valence-corrected chi connectivity index (χ1v) is 5.96. The molecule has 0 saturated heterocycles. The monoisotopic (exact) mass is 308 g/mol. The summed E-state index contributed by atoms with van der Waals surface area (Å²) in [6.45, 7) is 2.67. The van der Waals surface area contributed by atoms with Crippen molar-refractivity contribution in [1.29, 1.82) is 0 Å². The van der Waals surface area contributed by atoms with Crippen LogP contribution in [0.1, 0.15) is 27.2 Å². The van der Waals surface area contributed by atoms with Gasteiger partial charge in [-0.25, -0.2) is 0 Å². The van der Waals surface area contributed by atoms with Crippen LogP contribution in [0.4, 0.5) is 22.0 Å². The molecule has 0 aliphatic heterocycles. The van der Waals surface area contributed by atoms with Gasteiger partial charge in [0.1, 0.15) is 6.42 Å². The third-order valence-electron chi connectivity index (χ3n) is 2.27. The number of carbonyl (C=O) groups is 1. The second-order valence-corrected chi connectivity index (χ2v) is 3.67. The van der Waals surface area contributed by atoms with Gasteiger partial charge in [-0.15, -0.1) is 0 Å². The zero-order valence-electron chi connectivity index (χ0n) is 11.4. The maximum atomic E-state index is 13.6. The van der Waals surface area contributed by atoms with Crippen LogP contribution in [0.25, 0.3) is 0 Å². The molecular weight excluding hydrogens is 291 g/mol. The molecule has 0 aromatic heterocycles. The largest absolute Gasteiger partial charge is 0.466 e. The van der Waals surface area contributed by atoms with E-state index in [1.165, 1.54) is 20.8 Å². The van der Waals surface area contributed by atoms with Gasteiger partial charge in [-0.1, -0.05) is 0 Å². The minimum atomic E-state index is -5.93. The topological polar surface area (TPSA) is 44.8 Å². The summed E-state index contributed by atoms with van der Waals surface area (Å²) in [5.41, 5.74) is 0. The van der Waals surface area contributed by atoms with E-state index < -0.39 is 43.5 Å². The van der Waals surface area contributed by atoms with Gasteiger partial charge < -0.3 is 14.2 Å². The number of carbonyl (C=O) groups excluding carboxylic acids is 1. The van der Waals surface area contributed by atoms with Crippen LogP contribution < -0.4 is 0 Å². The molecule has 0 spiro atoms. The highest BCUT2D eigenvalue weighted by molar-refractivity contribution is 5.70. The smallest absolute Gasteiger partial charge is 0.459 e. The molecule has 0 aromatic rings. The van der Waals surface area contributed by atoms with Crippen LogP contribution in [0.3, 0.4) is 0 Å². The lowest BCUT2D eigenvalue weighted by Gasteiger charge is -2.39. The van der Waals surface area contributed by atoms with Crippen molar-refractivity contribution in [3.05, 3.63) is 0 Å². The Kier molecular flexibility index (Phi) is 6.82. The standard InChI is InChI=1S/C11H17F5O4/c1-4-18-8(17)7-9(19-5-2,20-6-3)10(12,13)11(14,15)16/h4-7H2,1-3H3. The molecule has 0 saturated carbocycles. The predicted octanol–water partition coefficient (Wildman–Crippen LogP) is 2.91. The van der Waals surface area contributed by atoms with Gasteiger partial charge in [0, 0.05) is 13.2 Å². The fourth-order valence-electron chi connectivity index (χ4n) is 1.52. The Balaban J connectivity index is 5.57. The second-order valence-electron chi connectivity index (χ2n) is 3.67. The fraction of sp³-hybridized carbons (Fsp3) is 0.909. The van der Waals surface area contributed by atoms with Gasteiger partial charge in [0.2, 0.25) is 0 Å². The highest BCUT2D eigenvalue weighted by Gasteiger charge is 2.73. The van der Waals surface area contributed by atoms with Crippen LogP contribution in [0.15, 0.2) is 0 Å². The van der Waals surface area contributed by atoms with E-state index in [2.05, 4.69) is 14.2 Å². The van der Waals surface area contributed by atoms with Crippen molar-refractivity contribution in [2.75, 3.05) is 19.8 Å². The molecule has 0 rings (SSSR count). The van der Waals surface area contributed by atoms with Crippen LogP contribution in [0.5, 0.6) is 0 Å². The molecule has 0 amide bonds. The maximum Gasteiger partial charge on any atom is 0.459 e. The average Bonchev–Trinajstić information content (AvgIpc) is 2.27. The van der Waals surface area contributed by atoms with Crippen molar-refractivity contribution >= 4 is 5.97 Å². The van der Waals surface area contributed by atoms with Crippen LogP contribution in [0, 0.1) is 0 Å². The summed E-state index contributed by atoms with van der Waals surface area (Å²) in [6, 6.07) is 0. The van der Waals surface area contributed by atoms with E-state index in [0.717, 1.165) is 0 Å². The van der Waals surface area contributed by atoms with E-state index in [1.54, 1.807) is 0 Å². The van der Waals surface area contributed by atoms with E-state index in [0.29, 0.717) is 0 Å². The lowest BCUT2D eigenvalue weighted by atomic mass is 10.0. The summed E-state index contributed by atoms with van der Waals surface area (Å²) in [4.78, 5) is 11.3. The molecule has 0 unspecified atom stereocenters. The molecule has 0 bridgehead atoms. The number of alkyl halides is 5. The van der Waals surface area contributed by atoms with Gasteiger partial charge in [-0.05, 0) is 20.8 Å². The number of halogens is 5. The van der Waals surface area contributed by atoms with Gasteiger partial charge in [-0.2, -0.15) is 22.0 Å². The van der Waals surface area contributed by atoms with Crippen molar-refractivity contribution in [1.82, 2.24) is 0 Å². The molecule has 9 heteroatoms. The van der Waals surface area contributed by atoms with Gasteiger partial charge in [0.25, 0.3) is 5.79 Å². The summed E-state index contributed by atoms with van der Waals surface area (Å²) in [5, 5.41) is 0. The minimum absolute atomic E-state index is 0.162. The molecule has 0 heterocycles. The van der Waals surface area contributed by atoms with Gasteiger partial charge >= 0.3 is 18.1 Å². The number of esters is 1. The normalized spacial score (nSPS) is 13.4. The highest BCUT2D eigenvalue weighted by Crippen LogP contribution is 2.47. The van der Waals surface area contributed by atoms with Crippen LogP contribution in [0.2, 0.25) is 0 Å². The Labute approximate surface area is 113 Å². The molecule has 0 N–H and O–H groups in total. The van der Waals surface area contributed by atoms with Gasteiger partial charge in [-0.3, -0.25) is 4.79 Å². The maximum absolute atomic E-state index is 13.6. The van der Waals surface area contributed by atoms with Crippen molar-refractivity contribution in [3.63, 3.8) is 0 Å². The van der Waals surface area contributed by atoms with E-state index in [4.69, 9.17) is 0 Å². The Morgan fingerprint density at radius 2 is 1.35 bits per heavy atom. The quantitative estimate of drug-likeness (QED) is 0.393. The molecule has 0 aromatic carbocycles. The molecule has 0 radical (unpaired) electrons. The number of rotatable bonds is 8. The van der Waals surface area contributed by atoms with Crippen molar-refractivity contribution in [3.8, 4) is 0 Å². The first-order valence-electron chi connectivity index (χ1n) is 5.96. The van der Waals surface area contributed by atoms with Gasteiger partial charge in [0.15, 0.2) is 0 Å². The molecule has 4 nitrogen and oxygen atoms in total. The SMILES string of the molecule is CCOC(=O)CC(OCC)(OCC)C(F)(F)C(F)(F)F. The average molecular weight is 308 g/mol. The van der Waals surface area contributed by atoms with Crippen molar-refractivity contribution in [2.24, 2.45) is 0 Å². The third-order valence-corrected chi connectivity index (χ3v) is 2.27. The number of hydrogen-bond donors (Lipinski definition) is 0. The molecule has 120 valence electrons. The molecule has 0 aliphatic rings. The lowest BCUT2D eigenvalue weighted by Crippen LogP contribution is -2.61. The molecule has 0 fully saturated rings. The summed E-state index contributed by atoms with van der Waals surface area (Å²) in [5.74, 6) is -10.1. The Hall–Kier alpha value is -0.960. The van der Waals surface area contributed by atoms with Gasteiger partial charge in [0.05, 0.1) is 6.61 Å². The minimum Gasteiger partial charge on any atom is -0.466 e. The Bertz CT molecular complexity index is 310. The van der Waals surface area contributed by atoms with Crippen molar-refractivity contribution < 1.29 is 41.0 Å². The van der Waals surface area contributed by atoms with E-state index in [-0.39, 0.29) is 6.61 Å². The lowest BCUT2D eigenvalue weighted by molar-refractivity contribution is -0.413.